The Balaban J connectivity index is 0.936. The first kappa shape index (κ1) is 33.4. The van der Waals surface area contributed by atoms with Crippen molar-refractivity contribution < 1.29 is 0 Å². The molecule has 0 heterocycles. The molecule has 7 rings (SSSR count). The van der Waals surface area contributed by atoms with Gasteiger partial charge in [-0.05, 0) is 139 Å². The van der Waals surface area contributed by atoms with Gasteiger partial charge in [0.1, 0.15) is 0 Å². The molecule has 0 fully saturated rings. The minimum atomic E-state index is 1.14. The molecule has 1 aliphatic rings. The standard InChI is InChI=1S/C48H50N2/c1-37-19-22-40(23-20-37)41-27-29-46(30-28-41)50(45-16-10-7-11-17-45)47-33-31-44(32-34-47)49(2)48-18-12-15-38(36-48)13-8-5-3-4-6-9-14-39-21-24-42-25-26-43(42)35-39/h7,10-12,15-24,27-36H,3-6,8-9,13-14,25-26H2,1-2H3. The van der Waals surface area contributed by atoms with Crippen LogP contribution in [0.1, 0.15) is 66.3 Å². The largest absolute Gasteiger partial charge is 0.345 e. The number of unbranched alkanes of at least 4 members (excludes halogenated alkanes) is 5. The van der Waals surface area contributed by atoms with Gasteiger partial charge in [0.25, 0.3) is 0 Å². The summed E-state index contributed by atoms with van der Waals surface area (Å²) in [6, 6.07) is 53.5. The van der Waals surface area contributed by atoms with Crippen LogP contribution in [0.4, 0.5) is 28.4 Å². The molecule has 0 aromatic heterocycles. The molecule has 2 heteroatoms. The van der Waals surface area contributed by atoms with Crippen LogP contribution in [-0.2, 0) is 25.7 Å². The summed E-state index contributed by atoms with van der Waals surface area (Å²) in [5, 5.41) is 0. The van der Waals surface area contributed by atoms with E-state index >= 15 is 0 Å². The number of benzene rings is 6. The Labute approximate surface area is 300 Å². The van der Waals surface area contributed by atoms with Crippen LogP contribution in [0.3, 0.4) is 0 Å². The molecule has 2 nitrogen and oxygen atoms in total. The maximum Gasteiger partial charge on any atom is 0.0463 e. The molecule has 0 N–H and O–H groups in total. The molecule has 0 aliphatic heterocycles. The van der Waals surface area contributed by atoms with Crippen molar-refractivity contribution in [3.8, 4) is 11.1 Å². The molecule has 0 amide bonds. The molecule has 6 aromatic carbocycles. The van der Waals surface area contributed by atoms with Gasteiger partial charge in [-0.1, -0.05) is 116 Å². The van der Waals surface area contributed by atoms with Crippen molar-refractivity contribution in [1.82, 2.24) is 0 Å². The Morgan fingerprint density at radius 1 is 0.420 bits per heavy atom. The Morgan fingerprint density at radius 2 is 0.940 bits per heavy atom. The molecule has 0 bridgehead atoms. The SMILES string of the molecule is Cc1ccc(-c2ccc(N(c3ccccc3)c3ccc(N(C)c4cccc(CCCCCCCCc5ccc6c(c5)CC6)c4)cc3)cc2)cc1. The van der Waals surface area contributed by atoms with Gasteiger partial charge in [0.2, 0.25) is 0 Å². The first-order valence-electron chi connectivity index (χ1n) is 18.7. The zero-order chi connectivity index (χ0) is 34.1. The fourth-order valence-corrected chi connectivity index (χ4v) is 7.24. The van der Waals surface area contributed by atoms with Gasteiger partial charge in [-0.2, -0.15) is 0 Å². The first-order chi connectivity index (χ1) is 24.6. The van der Waals surface area contributed by atoms with Crippen molar-refractivity contribution in [3.05, 3.63) is 173 Å². The number of nitrogens with zero attached hydrogens (tertiary/aromatic N) is 2. The fourth-order valence-electron chi connectivity index (χ4n) is 7.24. The van der Waals surface area contributed by atoms with E-state index in [1.807, 2.05) is 0 Å². The van der Waals surface area contributed by atoms with E-state index < -0.39 is 0 Å². The second-order valence-electron chi connectivity index (χ2n) is 14.1. The average Bonchev–Trinajstić information content (AvgIpc) is 3.15. The summed E-state index contributed by atoms with van der Waals surface area (Å²) in [5.74, 6) is 0. The highest BCUT2D eigenvalue weighted by Gasteiger charge is 2.14. The van der Waals surface area contributed by atoms with Crippen molar-refractivity contribution in [2.45, 2.75) is 71.1 Å². The minimum Gasteiger partial charge on any atom is -0.345 e. The Hall–Kier alpha value is -5.08. The van der Waals surface area contributed by atoms with Crippen LogP contribution in [0.15, 0.2) is 146 Å². The molecule has 0 radical (unpaired) electrons. The summed E-state index contributed by atoms with van der Waals surface area (Å²) in [6.45, 7) is 2.13. The number of hydrogen-bond donors (Lipinski definition) is 0. The van der Waals surface area contributed by atoms with Crippen LogP contribution in [-0.4, -0.2) is 7.05 Å². The molecule has 0 saturated heterocycles. The second kappa shape index (κ2) is 16.1. The molecule has 6 aromatic rings. The van der Waals surface area contributed by atoms with Crippen LogP contribution in [0.5, 0.6) is 0 Å². The summed E-state index contributed by atoms with van der Waals surface area (Å²) < 4.78 is 0. The normalized spacial score (nSPS) is 11.9. The number of fused-ring (bicyclic) bond motifs is 1. The summed E-state index contributed by atoms with van der Waals surface area (Å²) in [6.07, 6.45) is 12.9. The Kier molecular flexibility index (Phi) is 10.8. The molecule has 1 aliphatic carbocycles. The van der Waals surface area contributed by atoms with Gasteiger partial charge in [-0.25, -0.2) is 0 Å². The molecule has 0 atom stereocenters. The zero-order valence-corrected chi connectivity index (χ0v) is 29.8. The van der Waals surface area contributed by atoms with E-state index in [1.165, 1.54) is 91.4 Å². The van der Waals surface area contributed by atoms with Gasteiger partial charge in [-0.15, -0.1) is 0 Å². The maximum absolute atomic E-state index is 2.45. The second-order valence-corrected chi connectivity index (χ2v) is 14.1. The van der Waals surface area contributed by atoms with Crippen LogP contribution in [0, 0.1) is 6.92 Å². The number of aryl methyl sites for hydroxylation is 5. The number of anilines is 5. The van der Waals surface area contributed by atoms with Crippen LogP contribution >= 0.6 is 0 Å². The van der Waals surface area contributed by atoms with Gasteiger partial charge in [-0.3, -0.25) is 0 Å². The highest BCUT2D eigenvalue weighted by Crippen LogP contribution is 2.37. The lowest BCUT2D eigenvalue weighted by atomic mass is 9.86. The molecule has 0 saturated carbocycles. The summed E-state index contributed by atoms with van der Waals surface area (Å²) in [5.41, 5.74) is 15.7. The fraction of sp³-hybridized carbons (Fsp3) is 0.250. The van der Waals surface area contributed by atoms with E-state index in [0.717, 1.165) is 23.5 Å². The third-order valence-electron chi connectivity index (χ3n) is 10.4. The molecular weight excluding hydrogens is 605 g/mol. The van der Waals surface area contributed by atoms with Crippen LogP contribution in [0.2, 0.25) is 0 Å². The summed E-state index contributed by atoms with van der Waals surface area (Å²) in [4.78, 5) is 4.63. The quantitative estimate of drug-likeness (QED) is 0.102. The zero-order valence-electron chi connectivity index (χ0n) is 29.8. The topological polar surface area (TPSA) is 6.48 Å². The highest BCUT2D eigenvalue weighted by atomic mass is 15.1. The van der Waals surface area contributed by atoms with E-state index in [2.05, 4.69) is 169 Å². The van der Waals surface area contributed by atoms with E-state index in [0.29, 0.717) is 0 Å². The van der Waals surface area contributed by atoms with Crippen molar-refractivity contribution in [2.75, 3.05) is 16.8 Å². The number of hydrogen-bond acceptors (Lipinski definition) is 2. The van der Waals surface area contributed by atoms with E-state index in [4.69, 9.17) is 0 Å². The minimum absolute atomic E-state index is 1.14. The third-order valence-corrected chi connectivity index (χ3v) is 10.4. The average molecular weight is 655 g/mol. The smallest absolute Gasteiger partial charge is 0.0463 e. The van der Waals surface area contributed by atoms with Gasteiger partial charge < -0.3 is 9.80 Å². The monoisotopic (exact) mass is 654 g/mol. The molecular formula is C48H50N2. The molecule has 0 unspecified atom stereocenters. The van der Waals surface area contributed by atoms with E-state index in [1.54, 1.807) is 16.7 Å². The van der Waals surface area contributed by atoms with Gasteiger partial charge in [0, 0.05) is 35.5 Å². The lowest BCUT2D eigenvalue weighted by molar-refractivity contribution is 0.593. The van der Waals surface area contributed by atoms with Gasteiger partial charge >= 0.3 is 0 Å². The van der Waals surface area contributed by atoms with E-state index in [-0.39, 0.29) is 0 Å². The molecule has 252 valence electrons. The predicted octanol–water partition coefficient (Wildman–Crippen LogP) is 13.1. The van der Waals surface area contributed by atoms with Crippen LogP contribution in [0.25, 0.3) is 11.1 Å². The number of rotatable bonds is 15. The van der Waals surface area contributed by atoms with E-state index in [9.17, 15) is 0 Å². The van der Waals surface area contributed by atoms with Crippen molar-refractivity contribution in [2.24, 2.45) is 0 Å². The lowest BCUT2D eigenvalue weighted by Gasteiger charge is -2.27. The van der Waals surface area contributed by atoms with Crippen molar-refractivity contribution >= 4 is 28.4 Å². The molecule has 0 spiro atoms. The predicted molar refractivity (Wildman–Crippen MR) is 215 cm³/mol. The van der Waals surface area contributed by atoms with Crippen molar-refractivity contribution in [1.29, 1.82) is 0 Å². The Morgan fingerprint density at radius 3 is 1.56 bits per heavy atom. The van der Waals surface area contributed by atoms with Gasteiger partial charge in [0.15, 0.2) is 0 Å². The highest BCUT2D eigenvalue weighted by molar-refractivity contribution is 5.79. The molecule has 50 heavy (non-hydrogen) atoms. The lowest BCUT2D eigenvalue weighted by Crippen LogP contribution is -2.12. The summed E-state index contributed by atoms with van der Waals surface area (Å²) in [7, 11) is 2.17. The Bertz CT molecular complexity index is 1960. The summed E-state index contributed by atoms with van der Waals surface area (Å²) >= 11 is 0. The maximum atomic E-state index is 2.45. The van der Waals surface area contributed by atoms with Gasteiger partial charge in [0.05, 0.1) is 0 Å². The number of para-hydroxylation sites is 1. The first-order valence-corrected chi connectivity index (χ1v) is 18.7. The van der Waals surface area contributed by atoms with Crippen LogP contribution < -0.4 is 9.80 Å². The van der Waals surface area contributed by atoms with Crippen molar-refractivity contribution in [3.63, 3.8) is 0 Å². The third kappa shape index (κ3) is 8.20.